The molecule has 0 atom stereocenters. The molecule has 2 rings (SSSR count). The van der Waals surface area contributed by atoms with Crippen molar-refractivity contribution in [1.82, 2.24) is 15.0 Å². The van der Waals surface area contributed by atoms with E-state index in [0.717, 1.165) is 16.6 Å². The van der Waals surface area contributed by atoms with Crippen LogP contribution in [0, 0.1) is 0 Å². The highest BCUT2D eigenvalue weighted by atomic mass is 15.4. The van der Waals surface area contributed by atoms with Crippen LogP contribution in [-0.4, -0.2) is 15.0 Å². The summed E-state index contributed by atoms with van der Waals surface area (Å²) in [4.78, 5) is 1.56. The van der Waals surface area contributed by atoms with Crippen molar-refractivity contribution in [2.75, 3.05) is 0 Å². The highest BCUT2D eigenvalue weighted by Crippen LogP contribution is 2.12. The topological polar surface area (TPSA) is 56.7 Å². The zero-order chi connectivity index (χ0) is 8.55. The van der Waals surface area contributed by atoms with Crippen molar-refractivity contribution >= 4 is 11.0 Å². The quantitative estimate of drug-likeness (QED) is 0.661. The SMILES string of the molecule is Cn1nc2cccc(CN)c2n1. The van der Waals surface area contributed by atoms with Gasteiger partial charge in [-0.3, -0.25) is 0 Å². The summed E-state index contributed by atoms with van der Waals surface area (Å²) in [5, 5.41) is 8.38. The second-order valence-electron chi connectivity index (χ2n) is 2.68. The lowest BCUT2D eigenvalue weighted by Crippen LogP contribution is -1.97. The average Bonchev–Trinajstić information content (AvgIpc) is 2.44. The molecule has 0 spiro atoms. The zero-order valence-corrected chi connectivity index (χ0v) is 6.86. The second kappa shape index (κ2) is 2.57. The number of benzene rings is 1. The maximum absolute atomic E-state index is 5.55. The standard InChI is InChI=1S/C8H10N4/c1-12-10-7-4-2-3-6(5-9)8(7)11-12/h2-4H,5,9H2,1H3. The van der Waals surface area contributed by atoms with Gasteiger partial charge in [0.15, 0.2) is 0 Å². The van der Waals surface area contributed by atoms with Crippen LogP contribution >= 0.6 is 0 Å². The third-order valence-corrected chi connectivity index (χ3v) is 1.82. The van der Waals surface area contributed by atoms with Gasteiger partial charge in [-0.1, -0.05) is 12.1 Å². The van der Waals surface area contributed by atoms with Gasteiger partial charge in [-0.05, 0) is 11.6 Å². The van der Waals surface area contributed by atoms with Crippen molar-refractivity contribution in [2.24, 2.45) is 12.8 Å². The molecule has 2 aromatic rings. The first kappa shape index (κ1) is 7.24. The molecule has 1 heterocycles. The van der Waals surface area contributed by atoms with Crippen molar-refractivity contribution in [2.45, 2.75) is 6.54 Å². The smallest absolute Gasteiger partial charge is 0.117 e. The molecule has 0 fully saturated rings. The Morgan fingerprint density at radius 2 is 2.25 bits per heavy atom. The van der Waals surface area contributed by atoms with Crippen LogP contribution in [0.5, 0.6) is 0 Å². The number of fused-ring (bicyclic) bond motifs is 1. The molecule has 4 nitrogen and oxygen atoms in total. The molecule has 12 heavy (non-hydrogen) atoms. The number of rotatable bonds is 1. The van der Waals surface area contributed by atoms with Crippen LogP contribution < -0.4 is 5.73 Å². The van der Waals surface area contributed by atoms with Gasteiger partial charge >= 0.3 is 0 Å². The summed E-state index contributed by atoms with van der Waals surface area (Å²) < 4.78 is 0. The first-order valence-electron chi connectivity index (χ1n) is 3.80. The predicted octanol–water partition coefficient (Wildman–Crippen LogP) is 0.427. The molecule has 0 aliphatic rings. The second-order valence-corrected chi connectivity index (χ2v) is 2.68. The Kier molecular flexibility index (Phi) is 1.55. The number of aryl methyl sites for hydroxylation is 1. The molecule has 0 aliphatic carbocycles. The number of nitrogens with zero attached hydrogens (tertiary/aromatic N) is 3. The predicted molar refractivity (Wildman–Crippen MR) is 46.4 cm³/mol. The van der Waals surface area contributed by atoms with Crippen molar-refractivity contribution in [3.05, 3.63) is 23.8 Å². The van der Waals surface area contributed by atoms with E-state index in [-0.39, 0.29) is 0 Å². The van der Waals surface area contributed by atoms with E-state index in [1.54, 1.807) is 11.8 Å². The average molecular weight is 162 g/mol. The molecule has 0 radical (unpaired) electrons. The Morgan fingerprint density at radius 3 is 3.00 bits per heavy atom. The third kappa shape index (κ3) is 0.967. The van der Waals surface area contributed by atoms with Crippen molar-refractivity contribution in [1.29, 1.82) is 0 Å². The maximum Gasteiger partial charge on any atom is 0.117 e. The minimum absolute atomic E-state index is 0.510. The van der Waals surface area contributed by atoms with E-state index in [4.69, 9.17) is 5.73 Å². The fourth-order valence-corrected chi connectivity index (χ4v) is 1.26. The van der Waals surface area contributed by atoms with E-state index in [2.05, 4.69) is 10.2 Å². The van der Waals surface area contributed by atoms with Gasteiger partial charge in [-0.25, -0.2) is 0 Å². The Morgan fingerprint density at radius 1 is 1.42 bits per heavy atom. The molecule has 1 aromatic carbocycles. The molecule has 0 unspecified atom stereocenters. The largest absolute Gasteiger partial charge is 0.326 e. The van der Waals surface area contributed by atoms with E-state index in [9.17, 15) is 0 Å². The summed E-state index contributed by atoms with van der Waals surface area (Å²) in [6, 6.07) is 5.84. The van der Waals surface area contributed by atoms with Gasteiger partial charge < -0.3 is 5.73 Å². The van der Waals surface area contributed by atoms with Gasteiger partial charge in [0.25, 0.3) is 0 Å². The van der Waals surface area contributed by atoms with Gasteiger partial charge in [0.2, 0.25) is 0 Å². The van der Waals surface area contributed by atoms with E-state index < -0.39 is 0 Å². The van der Waals surface area contributed by atoms with Crippen molar-refractivity contribution < 1.29 is 0 Å². The molecule has 0 saturated heterocycles. The molecule has 0 bridgehead atoms. The Balaban J connectivity index is 2.78. The Hall–Kier alpha value is -1.42. The normalized spacial score (nSPS) is 10.8. The maximum atomic E-state index is 5.55. The fraction of sp³-hybridized carbons (Fsp3) is 0.250. The minimum Gasteiger partial charge on any atom is -0.326 e. The van der Waals surface area contributed by atoms with E-state index >= 15 is 0 Å². The molecule has 4 heteroatoms. The summed E-state index contributed by atoms with van der Waals surface area (Å²) in [6.45, 7) is 0.510. The van der Waals surface area contributed by atoms with E-state index in [0.29, 0.717) is 6.54 Å². The van der Waals surface area contributed by atoms with E-state index in [1.807, 2.05) is 18.2 Å². The molecule has 0 amide bonds. The van der Waals surface area contributed by atoms with Crippen LogP contribution in [0.25, 0.3) is 11.0 Å². The number of nitrogens with two attached hydrogens (primary N) is 1. The van der Waals surface area contributed by atoms with Gasteiger partial charge in [-0.2, -0.15) is 15.0 Å². The Bertz CT molecular complexity index is 404. The molecular formula is C8H10N4. The monoisotopic (exact) mass is 162 g/mol. The first-order valence-corrected chi connectivity index (χ1v) is 3.80. The third-order valence-electron chi connectivity index (χ3n) is 1.82. The summed E-state index contributed by atoms with van der Waals surface area (Å²) in [5.74, 6) is 0. The van der Waals surface area contributed by atoms with Crippen LogP contribution in [0.15, 0.2) is 18.2 Å². The molecule has 0 aliphatic heterocycles. The Labute approximate surface area is 70.0 Å². The molecular weight excluding hydrogens is 152 g/mol. The van der Waals surface area contributed by atoms with Gasteiger partial charge in [-0.15, -0.1) is 0 Å². The van der Waals surface area contributed by atoms with Gasteiger partial charge in [0, 0.05) is 13.6 Å². The van der Waals surface area contributed by atoms with Gasteiger partial charge in [0.05, 0.1) is 0 Å². The van der Waals surface area contributed by atoms with Crippen LogP contribution in [0.3, 0.4) is 0 Å². The zero-order valence-electron chi connectivity index (χ0n) is 6.86. The highest BCUT2D eigenvalue weighted by molar-refractivity contribution is 5.77. The lowest BCUT2D eigenvalue weighted by molar-refractivity contribution is 0.664. The molecule has 1 aromatic heterocycles. The molecule has 2 N–H and O–H groups in total. The van der Waals surface area contributed by atoms with E-state index in [1.165, 1.54) is 0 Å². The highest BCUT2D eigenvalue weighted by Gasteiger charge is 2.03. The summed E-state index contributed by atoms with van der Waals surface area (Å²) in [6.07, 6.45) is 0. The first-order chi connectivity index (χ1) is 5.81. The number of aromatic nitrogens is 3. The van der Waals surface area contributed by atoms with Crippen LogP contribution in [0.1, 0.15) is 5.56 Å². The minimum atomic E-state index is 0.510. The van der Waals surface area contributed by atoms with Crippen molar-refractivity contribution in [3.8, 4) is 0 Å². The molecule has 0 saturated carbocycles. The fourth-order valence-electron chi connectivity index (χ4n) is 1.26. The molecule has 62 valence electrons. The van der Waals surface area contributed by atoms with Gasteiger partial charge in [0.1, 0.15) is 11.0 Å². The lowest BCUT2D eigenvalue weighted by atomic mass is 10.2. The number of hydrogen-bond acceptors (Lipinski definition) is 3. The summed E-state index contributed by atoms with van der Waals surface area (Å²) >= 11 is 0. The van der Waals surface area contributed by atoms with Crippen molar-refractivity contribution in [3.63, 3.8) is 0 Å². The number of hydrogen-bond donors (Lipinski definition) is 1. The van der Waals surface area contributed by atoms with Crippen LogP contribution in [0.4, 0.5) is 0 Å². The summed E-state index contributed by atoms with van der Waals surface area (Å²) in [7, 11) is 1.81. The van der Waals surface area contributed by atoms with Crippen LogP contribution in [-0.2, 0) is 13.6 Å². The lowest BCUT2D eigenvalue weighted by Gasteiger charge is -1.93. The summed E-state index contributed by atoms with van der Waals surface area (Å²) in [5.41, 5.74) is 8.40. The van der Waals surface area contributed by atoms with Crippen LogP contribution in [0.2, 0.25) is 0 Å².